The largest absolute Gasteiger partial charge is 0.384 e. The molecule has 11 heteroatoms. The van der Waals surface area contributed by atoms with Crippen LogP contribution in [0.3, 0.4) is 0 Å². The Morgan fingerprint density at radius 1 is 1.09 bits per heavy atom. The molecule has 6 N–H and O–H groups in total. The summed E-state index contributed by atoms with van der Waals surface area (Å²) in [4.78, 5) is 12.4. The van der Waals surface area contributed by atoms with Gasteiger partial charge in [-0.15, -0.1) is 0 Å². The number of carbonyl (C=O) groups is 1. The van der Waals surface area contributed by atoms with E-state index in [1.54, 1.807) is 30.3 Å². The number of nitrogens with one attached hydrogen (secondary N) is 2. The molecule has 0 bridgehead atoms. The molecule has 34 heavy (non-hydrogen) atoms. The monoisotopic (exact) mass is 548 g/mol. The lowest BCUT2D eigenvalue weighted by Crippen LogP contribution is -2.15. The number of nitrogens with two attached hydrogens (primary N) is 2. The number of amidine groups is 1. The smallest absolute Gasteiger partial charge is 0.284 e. The zero-order chi connectivity index (χ0) is 25.2. The van der Waals surface area contributed by atoms with E-state index < -0.39 is 33.4 Å². The predicted octanol–water partition coefficient (Wildman–Crippen LogP) is 4.53. The molecule has 0 aliphatic heterocycles. The van der Waals surface area contributed by atoms with E-state index in [-0.39, 0.29) is 27.3 Å². The third-order valence-corrected chi connectivity index (χ3v) is 6.57. The van der Waals surface area contributed by atoms with Gasteiger partial charge in [-0.1, -0.05) is 30.3 Å². The van der Waals surface area contributed by atoms with Crippen molar-refractivity contribution in [1.29, 1.82) is 5.41 Å². The zero-order valence-electron chi connectivity index (χ0n) is 17.7. The summed E-state index contributed by atoms with van der Waals surface area (Å²) in [5, 5.41) is 15.1. The Bertz CT molecular complexity index is 1460. The lowest BCUT2D eigenvalue weighted by Gasteiger charge is -2.12. The molecule has 0 unspecified atom stereocenters. The molecule has 0 saturated heterocycles. The van der Waals surface area contributed by atoms with Gasteiger partial charge in [-0.05, 0) is 69.9 Å². The van der Waals surface area contributed by atoms with Gasteiger partial charge in [0.05, 0.1) is 16.1 Å². The van der Waals surface area contributed by atoms with Crippen LogP contribution in [0.4, 0.5) is 14.5 Å². The zero-order valence-corrected chi connectivity index (χ0v) is 20.1. The number of hydrogen-bond donors (Lipinski definition) is 4. The van der Waals surface area contributed by atoms with Gasteiger partial charge in [-0.3, -0.25) is 10.2 Å². The molecule has 3 aromatic rings. The molecule has 3 aromatic carbocycles. The maximum atomic E-state index is 14.8. The maximum Gasteiger partial charge on any atom is 0.284 e. The molecule has 7 nitrogen and oxygen atoms in total. The SMILES string of the molecule is C/C(=C(\F)C(=O)Nc1ccc(-c2ccccc2S(N)(=O)=O)cc1Br)c1ccc(F)c(C(=N)N)c1. The molecule has 0 atom stereocenters. The highest BCUT2D eigenvalue weighted by atomic mass is 79.9. The predicted molar refractivity (Wildman–Crippen MR) is 131 cm³/mol. The third-order valence-electron chi connectivity index (χ3n) is 4.94. The van der Waals surface area contributed by atoms with Crippen LogP contribution < -0.4 is 16.2 Å². The minimum atomic E-state index is -3.97. The second kappa shape index (κ2) is 9.84. The Morgan fingerprint density at radius 2 is 1.76 bits per heavy atom. The number of nitrogen functional groups attached to an aromatic ring is 1. The molecule has 0 radical (unpaired) electrons. The van der Waals surface area contributed by atoms with Gasteiger partial charge >= 0.3 is 0 Å². The van der Waals surface area contributed by atoms with Crippen molar-refractivity contribution >= 4 is 49.0 Å². The highest BCUT2D eigenvalue weighted by molar-refractivity contribution is 9.10. The van der Waals surface area contributed by atoms with Crippen molar-refractivity contribution < 1.29 is 22.0 Å². The molecular weight excluding hydrogens is 530 g/mol. The third kappa shape index (κ3) is 5.38. The molecule has 0 spiro atoms. The average Bonchev–Trinajstić information content (AvgIpc) is 2.79. The van der Waals surface area contributed by atoms with Crippen LogP contribution in [0.2, 0.25) is 0 Å². The first kappa shape index (κ1) is 25.2. The quantitative estimate of drug-likeness (QED) is 0.204. The maximum absolute atomic E-state index is 14.8. The van der Waals surface area contributed by atoms with E-state index in [2.05, 4.69) is 21.2 Å². The number of allylic oxidation sites excluding steroid dienone is 1. The van der Waals surface area contributed by atoms with Gasteiger partial charge in [0.25, 0.3) is 5.91 Å². The standard InChI is InChI=1S/C23H19BrF2N4O3S/c1-12(13-6-8-18(25)16(10-13)22(27)28)21(26)23(31)30-19-9-7-14(11-17(19)24)15-4-2-3-5-20(15)34(29,32)33/h2-11H,1H3,(H3,27,28)(H,30,31)(H2,29,32,33)/b21-12+. The van der Waals surface area contributed by atoms with Crippen LogP contribution in [-0.2, 0) is 14.8 Å². The fourth-order valence-electron chi connectivity index (χ4n) is 3.18. The van der Waals surface area contributed by atoms with Crippen molar-refractivity contribution in [3.63, 3.8) is 0 Å². The van der Waals surface area contributed by atoms with Crippen LogP contribution in [0.25, 0.3) is 16.7 Å². The minimum absolute atomic E-state index is 0.0625. The number of rotatable bonds is 6. The summed E-state index contributed by atoms with van der Waals surface area (Å²) >= 11 is 3.30. The Balaban J connectivity index is 1.90. The lowest BCUT2D eigenvalue weighted by atomic mass is 10.0. The highest BCUT2D eigenvalue weighted by Gasteiger charge is 2.19. The molecule has 0 heterocycles. The average molecular weight is 549 g/mol. The summed E-state index contributed by atoms with van der Waals surface area (Å²) in [6.45, 7) is 1.34. The second-order valence-corrected chi connectivity index (χ2v) is 9.62. The number of halogens is 3. The van der Waals surface area contributed by atoms with Gasteiger partial charge in [0.15, 0.2) is 5.83 Å². The second-order valence-electron chi connectivity index (χ2n) is 7.24. The topological polar surface area (TPSA) is 139 Å². The first-order valence-electron chi connectivity index (χ1n) is 9.64. The summed E-state index contributed by atoms with van der Waals surface area (Å²) in [5.41, 5.74) is 6.34. The normalized spacial score (nSPS) is 12.1. The molecule has 0 aliphatic rings. The molecule has 3 rings (SSSR count). The number of carbonyl (C=O) groups excluding carboxylic acids is 1. The van der Waals surface area contributed by atoms with E-state index in [9.17, 15) is 22.0 Å². The highest BCUT2D eigenvalue weighted by Crippen LogP contribution is 2.33. The molecule has 1 amide bonds. The van der Waals surface area contributed by atoms with Crippen molar-refractivity contribution in [3.05, 3.63) is 87.9 Å². The van der Waals surface area contributed by atoms with Gasteiger partial charge < -0.3 is 11.1 Å². The van der Waals surface area contributed by atoms with E-state index in [1.807, 2.05) is 0 Å². The van der Waals surface area contributed by atoms with Gasteiger partial charge in [0.1, 0.15) is 11.7 Å². The Hall–Kier alpha value is -3.41. The van der Waals surface area contributed by atoms with Gasteiger partial charge in [-0.2, -0.15) is 0 Å². The molecule has 0 aliphatic carbocycles. The number of primary sulfonamides is 1. The summed E-state index contributed by atoms with van der Waals surface area (Å²) in [6, 6.07) is 14.3. The van der Waals surface area contributed by atoms with Crippen molar-refractivity contribution in [1.82, 2.24) is 0 Å². The van der Waals surface area contributed by atoms with Crippen LogP contribution in [-0.4, -0.2) is 20.2 Å². The molecule has 0 fully saturated rings. The van der Waals surface area contributed by atoms with Crippen LogP contribution >= 0.6 is 15.9 Å². The van der Waals surface area contributed by atoms with Crippen LogP contribution in [0.5, 0.6) is 0 Å². The van der Waals surface area contributed by atoms with Gasteiger partial charge in [0.2, 0.25) is 10.0 Å². The molecular formula is C23H19BrF2N4O3S. The Kier molecular flexibility index (Phi) is 7.29. The van der Waals surface area contributed by atoms with E-state index in [4.69, 9.17) is 16.3 Å². The molecule has 0 saturated carbocycles. The number of benzene rings is 3. The van der Waals surface area contributed by atoms with E-state index in [1.165, 1.54) is 31.2 Å². The first-order valence-corrected chi connectivity index (χ1v) is 12.0. The fraction of sp³-hybridized carbons (Fsp3) is 0.0435. The summed E-state index contributed by atoms with van der Waals surface area (Å²) in [7, 11) is -3.97. The van der Waals surface area contributed by atoms with E-state index in [0.717, 1.165) is 6.07 Å². The van der Waals surface area contributed by atoms with E-state index >= 15 is 0 Å². The van der Waals surface area contributed by atoms with Crippen LogP contribution in [0.15, 0.2) is 75.9 Å². The van der Waals surface area contributed by atoms with Crippen LogP contribution in [0, 0.1) is 11.2 Å². The Morgan fingerprint density at radius 3 is 2.38 bits per heavy atom. The van der Waals surface area contributed by atoms with Crippen molar-refractivity contribution in [3.8, 4) is 11.1 Å². The number of hydrogen-bond acceptors (Lipinski definition) is 4. The number of sulfonamides is 1. The van der Waals surface area contributed by atoms with Gasteiger partial charge in [0, 0.05) is 10.0 Å². The molecule has 0 aromatic heterocycles. The van der Waals surface area contributed by atoms with Crippen LogP contribution in [0.1, 0.15) is 18.1 Å². The van der Waals surface area contributed by atoms with Crippen molar-refractivity contribution in [2.75, 3.05) is 5.32 Å². The minimum Gasteiger partial charge on any atom is -0.384 e. The fourth-order valence-corrected chi connectivity index (χ4v) is 4.41. The summed E-state index contributed by atoms with van der Waals surface area (Å²) in [5.74, 6) is -3.42. The lowest BCUT2D eigenvalue weighted by molar-refractivity contribution is -0.114. The summed E-state index contributed by atoms with van der Waals surface area (Å²) in [6.07, 6.45) is 0. The van der Waals surface area contributed by atoms with Crippen molar-refractivity contribution in [2.45, 2.75) is 11.8 Å². The van der Waals surface area contributed by atoms with E-state index in [0.29, 0.717) is 15.6 Å². The Labute approximate surface area is 203 Å². The van der Waals surface area contributed by atoms with Crippen molar-refractivity contribution in [2.24, 2.45) is 10.9 Å². The number of amides is 1. The first-order chi connectivity index (χ1) is 15.9. The molecule has 176 valence electrons. The number of anilines is 1. The summed E-state index contributed by atoms with van der Waals surface area (Å²) < 4.78 is 52.7. The van der Waals surface area contributed by atoms with Gasteiger partial charge in [-0.25, -0.2) is 22.3 Å².